The third-order valence-corrected chi connectivity index (χ3v) is 9.17. The maximum Gasteiger partial charge on any atom is 0.287 e. The van der Waals surface area contributed by atoms with Crippen LogP contribution in [0, 0.1) is 0 Å². The molecular formula is C36H33ClN4O4S. The second-order valence-electron chi connectivity index (χ2n) is 10.7. The number of carbonyl (C=O) groups excluding carboxylic acids is 1. The third-order valence-electron chi connectivity index (χ3n) is 7.77. The van der Waals surface area contributed by atoms with Gasteiger partial charge in [-0.1, -0.05) is 72.3 Å². The lowest BCUT2D eigenvalue weighted by molar-refractivity contribution is 0.0746. The van der Waals surface area contributed by atoms with E-state index in [0.29, 0.717) is 71.2 Å². The topological polar surface area (TPSA) is 76.9 Å². The molecule has 0 aliphatic carbocycles. The Hall–Kier alpha value is -4.73. The number of amides is 1. The van der Waals surface area contributed by atoms with Crippen LogP contribution in [0.2, 0.25) is 5.02 Å². The van der Waals surface area contributed by atoms with E-state index in [0.717, 1.165) is 16.8 Å². The van der Waals surface area contributed by atoms with Gasteiger partial charge in [-0.25, -0.2) is 0 Å². The quantitative estimate of drug-likeness (QED) is 0.155. The van der Waals surface area contributed by atoms with E-state index in [1.54, 1.807) is 31.5 Å². The van der Waals surface area contributed by atoms with Crippen molar-refractivity contribution in [2.75, 3.05) is 38.2 Å². The molecular weight excluding hydrogens is 620 g/mol. The summed E-state index contributed by atoms with van der Waals surface area (Å²) in [5, 5.41) is 5.21. The molecule has 1 aromatic heterocycles. The molecule has 10 heteroatoms. The van der Waals surface area contributed by atoms with Gasteiger partial charge >= 0.3 is 0 Å². The van der Waals surface area contributed by atoms with Crippen molar-refractivity contribution < 1.29 is 14.3 Å². The minimum atomic E-state index is -0.178. The van der Waals surface area contributed by atoms with Crippen LogP contribution in [-0.2, 0) is 12.4 Å². The normalized spacial score (nSPS) is 13.0. The number of rotatable bonds is 10. The third kappa shape index (κ3) is 7.22. The minimum absolute atomic E-state index is 0.0816. The number of halogens is 1. The average molecular weight is 653 g/mol. The van der Waals surface area contributed by atoms with Gasteiger partial charge in [0.1, 0.15) is 11.5 Å². The van der Waals surface area contributed by atoms with Gasteiger partial charge in [0.05, 0.1) is 24.7 Å². The predicted molar refractivity (Wildman–Crippen MR) is 183 cm³/mol. The van der Waals surface area contributed by atoms with E-state index in [4.69, 9.17) is 21.1 Å². The molecule has 46 heavy (non-hydrogen) atoms. The summed E-state index contributed by atoms with van der Waals surface area (Å²) in [5.74, 6) is 1.60. The molecule has 8 nitrogen and oxygen atoms in total. The van der Waals surface area contributed by atoms with Gasteiger partial charge in [-0.2, -0.15) is 9.78 Å². The van der Waals surface area contributed by atoms with Gasteiger partial charge in [-0.05, 0) is 53.6 Å². The molecule has 234 valence electrons. The van der Waals surface area contributed by atoms with E-state index in [1.807, 2.05) is 89.8 Å². The number of thioether (sulfide) groups is 1. The highest BCUT2D eigenvalue weighted by atomic mass is 35.5. The Morgan fingerprint density at radius 3 is 2.24 bits per heavy atom. The zero-order valence-electron chi connectivity index (χ0n) is 25.3. The molecule has 1 aliphatic rings. The van der Waals surface area contributed by atoms with Crippen LogP contribution in [0.3, 0.4) is 0 Å². The van der Waals surface area contributed by atoms with E-state index in [1.165, 1.54) is 16.4 Å². The smallest absolute Gasteiger partial charge is 0.287 e. The number of nitrogens with zero attached hydrogens (tertiary/aromatic N) is 4. The highest BCUT2D eigenvalue weighted by Gasteiger charge is 2.26. The Kier molecular flexibility index (Phi) is 9.91. The lowest BCUT2D eigenvalue weighted by atomic mass is 10.1. The summed E-state index contributed by atoms with van der Waals surface area (Å²) >= 11 is 7.57. The molecule has 0 atom stereocenters. The van der Waals surface area contributed by atoms with Gasteiger partial charge in [-0.3, -0.25) is 9.59 Å². The Balaban J connectivity index is 1.18. The van der Waals surface area contributed by atoms with Crippen LogP contribution in [0.25, 0.3) is 5.69 Å². The Bertz CT molecular complexity index is 1840. The van der Waals surface area contributed by atoms with E-state index in [-0.39, 0.29) is 11.5 Å². The number of ether oxygens (including phenoxy) is 2. The first-order chi connectivity index (χ1) is 22.5. The molecule has 0 saturated carbocycles. The lowest BCUT2D eigenvalue weighted by Gasteiger charge is -2.36. The van der Waals surface area contributed by atoms with Gasteiger partial charge in [-0.15, -0.1) is 11.8 Å². The SMILES string of the molecule is COc1ccc(C(=O)N2CCN(c3cnn(-c4ccccc4)c(=O)c3SCc3ccc(Cl)cc3)CC2)cc1OCc1ccccc1. The fraction of sp³-hybridized carbons (Fsp3) is 0.194. The number of hydrogen-bond donors (Lipinski definition) is 0. The maximum absolute atomic E-state index is 13.8. The molecule has 1 aliphatic heterocycles. The van der Waals surface area contributed by atoms with Crippen molar-refractivity contribution in [2.24, 2.45) is 0 Å². The van der Waals surface area contributed by atoms with Crippen molar-refractivity contribution in [1.82, 2.24) is 14.7 Å². The molecule has 0 radical (unpaired) electrons. The van der Waals surface area contributed by atoms with Crippen LogP contribution in [-0.4, -0.2) is 53.9 Å². The second-order valence-corrected chi connectivity index (χ2v) is 12.2. The zero-order chi connectivity index (χ0) is 31.9. The molecule has 0 bridgehead atoms. The van der Waals surface area contributed by atoms with E-state index >= 15 is 0 Å². The van der Waals surface area contributed by atoms with Crippen LogP contribution < -0.4 is 19.9 Å². The fourth-order valence-corrected chi connectivity index (χ4v) is 6.44. The Labute approximate surface area is 277 Å². The highest BCUT2D eigenvalue weighted by Crippen LogP contribution is 2.32. The summed E-state index contributed by atoms with van der Waals surface area (Å²) in [4.78, 5) is 32.0. The standard InChI is InChI=1S/C36H33ClN4O4S/c1-44-32-17-14-28(22-33(32)45-24-26-8-4-2-5-9-26)35(42)40-20-18-39(19-21-40)31-23-38-41(30-10-6-3-7-11-30)36(43)34(31)46-25-27-12-15-29(37)16-13-27/h2-17,22-23H,18-21,24-25H2,1H3. The summed E-state index contributed by atoms with van der Waals surface area (Å²) in [5.41, 5.74) is 3.91. The van der Waals surface area contributed by atoms with Crippen molar-refractivity contribution in [3.05, 3.63) is 141 Å². The molecule has 1 fully saturated rings. The molecule has 1 saturated heterocycles. The second kappa shape index (κ2) is 14.6. The number of methoxy groups -OCH3 is 1. The van der Waals surface area contributed by atoms with Crippen molar-refractivity contribution in [3.8, 4) is 17.2 Å². The van der Waals surface area contributed by atoms with E-state index in [9.17, 15) is 9.59 Å². The number of hydrogen-bond acceptors (Lipinski definition) is 7. The lowest BCUT2D eigenvalue weighted by Crippen LogP contribution is -2.49. The molecule has 1 amide bonds. The first-order valence-corrected chi connectivity index (χ1v) is 16.3. The molecule has 2 heterocycles. The van der Waals surface area contributed by atoms with E-state index in [2.05, 4.69) is 10.00 Å². The molecule has 5 aromatic rings. The monoisotopic (exact) mass is 652 g/mol. The largest absolute Gasteiger partial charge is 0.493 e. The van der Waals surface area contributed by atoms with Gasteiger partial charge in [0, 0.05) is 42.5 Å². The van der Waals surface area contributed by atoms with Gasteiger partial charge in [0.25, 0.3) is 11.5 Å². The van der Waals surface area contributed by atoms with Crippen LogP contribution in [0.4, 0.5) is 5.69 Å². The zero-order valence-corrected chi connectivity index (χ0v) is 26.9. The maximum atomic E-state index is 13.8. The molecule has 4 aromatic carbocycles. The number of benzene rings is 4. The highest BCUT2D eigenvalue weighted by molar-refractivity contribution is 7.98. The van der Waals surface area contributed by atoms with Crippen molar-refractivity contribution in [1.29, 1.82) is 0 Å². The van der Waals surface area contributed by atoms with Crippen molar-refractivity contribution in [2.45, 2.75) is 17.3 Å². The first kappa shape index (κ1) is 31.3. The molecule has 6 rings (SSSR count). The van der Waals surface area contributed by atoms with Crippen molar-refractivity contribution >= 4 is 35.0 Å². The minimum Gasteiger partial charge on any atom is -0.493 e. The Morgan fingerprint density at radius 1 is 0.848 bits per heavy atom. The van der Waals surface area contributed by atoms with Crippen LogP contribution >= 0.6 is 23.4 Å². The summed E-state index contributed by atoms with van der Waals surface area (Å²) in [7, 11) is 1.58. The number of para-hydroxylation sites is 1. The average Bonchev–Trinajstić information content (AvgIpc) is 3.11. The van der Waals surface area contributed by atoms with Gasteiger partial charge < -0.3 is 19.3 Å². The van der Waals surface area contributed by atoms with E-state index < -0.39 is 0 Å². The number of anilines is 1. The van der Waals surface area contributed by atoms with Crippen LogP contribution in [0.1, 0.15) is 21.5 Å². The number of piperazine rings is 1. The molecule has 0 unspecified atom stereocenters. The Morgan fingerprint density at radius 2 is 1.54 bits per heavy atom. The summed E-state index contributed by atoms with van der Waals surface area (Å²) in [6.45, 7) is 2.47. The summed E-state index contributed by atoms with van der Waals surface area (Å²) < 4.78 is 13.0. The van der Waals surface area contributed by atoms with Crippen molar-refractivity contribution in [3.63, 3.8) is 0 Å². The van der Waals surface area contributed by atoms with Crippen LogP contribution in [0.5, 0.6) is 11.5 Å². The number of carbonyl (C=O) groups is 1. The fourth-order valence-electron chi connectivity index (χ4n) is 5.27. The number of aromatic nitrogens is 2. The summed E-state index contributed by atoms with van der Waals surface area (Å²) in [6, 6.07) is 32.2. The summed E-state index contributed by atoms with van der Waals surface area (Å²) in [6.07, 6.45) is 1.76. The van der Waals surface area contributed by atoms with Gasteiger partial charge in [0.15, 0.2) is 11.5 Å². The van der Waals surface area contributed by atoms with Crippen LogP contribution in [0.15, 0.2) is 119 Å². The first-order valence-electron chi connectivity index (χ1n) is 14.9. The van der Waals surface area contributed by atoms with Gasteiger partial charge in [0.2, 0.25) is 0 Å². The predicted octanol–water partition coefficient (Wildman–Crippen LogP) is 6.73. The molecule has 0 N–H and O–H groups in total. The molecule has 0 spiro atoms.